The van der Waals surface area contributed by atoms with E-state index in [1.807, 2.05) is 26.0 Å². The highest BCUT2D eigenvalue weighted by Crippen LogP contribution is 2.34. The Bertz CT molecular complexity index is 765. The lowest BCUT2D eigenvalue weighted by Gasteiger charge is -2.45. The third-order valence-corrected chi connectivity index (χ3v) is 7.33. The van der Waals surface area contributed by atoms with Crippen molar-refractivity contribution >= 4 is 33.0 Å². The summed E-state index contributed by atoms with van der Waals surface area (Å²) in [5, 5.41) is 0.585. The lowest BCUT2D eigenvalue weighted by molar-refractivity contribution is -0.124. The molecule has 0 saturated carbocycles. The van der Waals surface area contributed by atoms with Gasteiger partial charge in [0.05, 0.1) is 24.1 Å². The van der Waals surface area contributed by atoms with Crippen LogP contribution in [0.3, 0.4) is 0 Å². The van der Waals surface area contributed by atoms with Crippen molar-refractivity contribution in [2.45, 2.75) is 45.3 Å². The number of benzene rings is 1. The maximum Gasteiger partial charge on any atom is 0.241 e. The van der Waals surface area contributed by atoms with Crippen molar-refractivity contribution in [1.29, 1.82) is 0 Å². The van der Waals surface area contributed by atoms with Crippen molar-refractivity contribution in [2.24, 2.45) is 0 Å². The number of anilines is 1. The van der Waals surface area contributed by atoms with Crippen LogP contribution in [0.25, 0.3) is 0 Å². The highest BCUT2D eigenvalue weighted by molar-refractivity contribution is 7.91. The van der Waals surface area contributed by atoms with Crippen LogP contribution in [0, 0.1) is 6.92 Å². The minimum Gasteiger partial charge on any atom is -0.306 e. The molecule has 3 unspecified atom stereocenters. The molecule has 3 atom stereocenters. The predicted octanol–water partition coefficient (Wildman–Crippen LogP) is 2.26. The van der Waals surface area contributed by atoms with Gasteiger partial charge in [0.2, 0.25) is 5.91 Å². The second-order valence-corrected chi connectivity index (χ2v) is 9.40. The molecule has 1 aromatic carbocycles. The number of halogens is 1. The molecule has 1 aromatic rings. The number of carbonyl (C=O) groups excluding carboxylic acids is 1. The van der Waals surface area contributed by atoms with Crippen molar-refractivity contribution < 1.29 is 13.2 Å². The van der Waals surface area contributed by atoms with Crippen molar-refractivity contribution in [3.63, 3.8) is 0 Å². The van der Waals surface area contributed by atoms with Crippen LogP contribution in [0.1, 0.15) is 25.8 Å². The second-order valence-electron chi connectivity index (χ2n) is 6.84. The zero-order chi connectivity index (χ0) is 17.6. The first kappa shape index (κ1) is 17.7. The Morgan fingerprint density at radius 2 is 1.96 bits per heavy atom. The number of piperazine rings is 1. The summed E-state index contributed by atoms with van der Waals surface area (Å²) in [4.78, 5) is 16.5. The molecule has 2 saturated heterocycles. The Balaban J connectivity index is 2.02. The Morgan fingerprint density at radius 3 is 2.58 bits per heavy atom. The van der Waals surface area contributed by atoms with E-state index in [9.17, 15) is 13.2 Å². The van der Waals surface area contributed by atoms with Crippen LogP contribution >= 0.6 is 11.6 Å². The molecule has 0 spiro atoms. The van der Waals surface area contributed by atoms with Crippen molar-refractivity contribution in [3.05, 3.63) is 28.8 Å². The highest BCUT2D eigenvalue weighted by Gasteiger charge is 2.50. The molecule has 0 radical (unpaired) electrons. The number of hydrogen-bond donors (Lipinski definition) is 0. The first-order chi connectivity index (χ1) is 11.2. The fourth-order valence-electron chi connectivity index (χ4n) is 3.69. The van der Waals surface area contributed by atoms with Crippen LogP contribution in [0.15, 0.2) is 18.2 Å². The van der Waals surface area contributed by atoms with E-state index in [2.05, 4.69) is 11.8 Å². The van der Waals surface area contributed by atoms with E-state index in [0.717, 1.165) is 12.0 Å². The molecular weight excluding hydrogens is 348 g/mol. The Kier molecular flexibility index (Phi) is 4.66. The number of aryl methyl sites for hydroxylation is 1. The van der Waals surface area contributed by atoms with Gasteiger partial charge in [-0.1, -0.05) is 24.6 Å². The molecule has 2 aliphatic rings. The van der Waals surface area contributed by atoms with Gasteiger partial charge in [0.15, 0.2) is 9.84 Å². The van der Waals surface area contributed by atoms with Gasteiger partial charge in [-0.15, -0.1) is 0 Å². The summed E-state index contributed by atoms with van der Waals surface area (Å²) in [6.45, 7) is 6.25. The zero-order valence-electron chi connectivity index (χ0n) is 14.2. The van der Waals surface area contributed by atoms with Crippen LogP contribution in [0.5, 0.6) is 0 Å². The monoisotopic (exact) mass is 370 g/mol. The van der Waals surface area contributed by atoms with Gasteiger partial charge in [-0.05, 0) is 38.0 Å². The van der Waals surface area contributed by atoms with Gasteiger partial charge < -0.3 is 4.90 Å². The topological polar surface area (TPSA) is 57.7 Å². The summed E-state index contributed by atoms with van der Waals surface area (Å²) in [5.41, 5.74) is 1.62. The maximum atomic E-state index is 12.8. The lowest BCUT2D eigenvalue weighted by atomic mass is 10.00. The molecule has 132 valence electrons. The molecule has 5 nitrogen and oxygen atoms in total. The predicted molar refractivity (Wildman–Crippen MR) is 96.4 cm³/mol. The Morgan fingerprint density at radius 1 is 1.29 bits per heavy atom. The molecule has 0 aliphatic carbocycles. The molecule has 3 rings (SSSR count). The number of amides is 1. The van der Waals surface area contributed by atoms with Crippen LogP contribution in [0.2, 0.25) is 5.02 Å². The molecule has 7 heteroatoms. The molecule has 1 amide bonds. The number of hydrogen-bond acceptors (Lipinski definition) is 4. The van der Waals surface area contributed by atoms with Crippen molar-refractivity contribution in [2.75, 3.05) is 23.0 Å². The van der Waals surface area contributed by atoms with Gasteiger partial charge in [-0.2, -0.15) is 0 Å². The van der Waals surface area contributed by atoms with Crippen LogP contribution < -0.4 is 4.90 Å². The first-order valence-corrected chi connectivity index (χ1v) is 10.5. The van der Waals surface area contributed by atoms with Gasteiger partial charge in [0, 0.05) is 22.8 Å². The molecule has 0 N–H and O–H groups in total. The third kappa shape index (κ3) is 3.07. The van der Waals surface area contributed by atoms with Gasteiger partial charge in [0.1, 0.15) is 0 Å². The fourth-order valence-corrected chi connectivity index (χ4v) is 5.83. The van der Waals surface area contributed by atoms with Crippen molar-refractivity contribution in [3.8, 4) is 0 Å². The normalized spacial score (nSPS) is 28.0. The minimum atomic E-state index is -3.15. The van der Waals surface area contributed by atoms with E-state index in [1.54, 1.807) is 11.0 Å². The number of fused-ring (bicyclic) bond motifs is 1. The smallest absolute Gasteiger partial charge is 0.241 e. The SMILES string of the molecule is CCC(C)N1CC(=O)N(c2ccc(C)c(Cl)c2)C2CS(=O)(=O)CC21. The molecule has 2 heterocycles. The average molecular weight is 371 g/mol. The summed E-state index contributed by atoms with van der Waals surface area (Å²) in [5.74, 6) is 0.0706. The molecule has 0 aromatic heterocycles. The maximum absolute atomic E-state index is 12.8. The largest absolute Gasteiger partial charge is 0.306 e. The molecule has 2 fully saturated rings. The quantitative estimate of drug-likeness (QED) is 0.818. The van der Waals surface area contributed by atoms with E-state index in [0.29, 0.717) is 10.7 Å². The zero-order valence-corrected chi connectivity index (χ0v) is 15.8. The third-order valence-electron chi connectivity index (χ3n) is 5.23. The van der Waals surface area contributed by atoms with Gasteiger partial charge >= 0.3 is 0 Å². The molecular formula is C17H23ClN2O3S. The number of sulfone groups is 1. The molecule has 0 bridgehead atoms. The number of rotatable bonds is 3. The van der Waals surface area contributed by atoms with Crippen molar-refractivity contribution in [1.82, 2.24) is 4.90 Å². The summed E-state index contributed by atoms with van der Waals surface area (Å²) in [7, 11) is -3.15. The first-order valence-electron chi connectivity index (χ1n) is 8.28. The minimum absolute atomic E-state index is 0.0157. The summed E-state index contributed by atoms with van der Waals surface area (Å²) in [6.07, 6.45) is 0.882. The van der Waals surface area contributed by atoms with Crippen LogP contribution in [-0.4, -0.2) is 55.4 Å². The molecule has 24 heavy (non-hydrogen) atoms. The lowest BCUT2D eigenvalue weighted by Crippen LogP contribution is -2.63. The van der Waals surface area contributed by atoms with E-state index < -0.39 is 9.84 Å². The Hall–Kier alpha value is -1.11. The van der Waals surface area contributed by atoms with Crippen LogP contribution in [-0.2, 0) is 14.6 Å². The highest BCUT2D eigenvalue weighted by atomic mass is 35.5. The Labute approximate surface area is 148 Å². The van der Waals surface area contributed by atoms with E-state index >= 15 is 0 Å². The van der Waals surface area contributed by atoms with Gasteiger partial charge in [-0.25, -0.2) is 8.42 Å². The number of nitrogens with zero attached hydrogens (tertiary/aromatic N) is 2. The second kappa shape index (κ2) is 6.32. The number of carbonyl (C=O) groups is 1. The van der Waals surface area contributed by atoms with E-state index in [-0.39, 0.29) is 42.1 Å². The average Bonchev–Trinajstić information content (AvgIpc) is 2.83. The van der Waals surface area contributed by atoms with E-state index in [1.165, 1.54) is 0 Å². The fraction of sp³-hybridized carbons (Fsp3) is 0.588. The molecule has 2 aliphatic heterocycles. The summed E-state index contributed by atoms with van der Waals surface area (Å²) >= 11 is 6.21. The van der Waals surface area contributed by atoms with E-state index in [4.69, 9.17) is 11.6 Å². The van der Waals surface area contributed by atoms with Gasteiger partial charge in [0.25, 0.3) is 0 Å². The van der Waals surface area contributed by atoms with Gasteiger partial charge in [-0.3, -0.25) is 9.69 Å². The standard InChI is InChI=1S/C17H23ClN2O3S/c1-4-12(3)19-8-17(21)20(13-6-5-11(2)14(18)7-13)16-10-24(22,23)9-15(16)19/h5-7,12,15-16H,4,8-10H2,1-3H3. The summed E-state index contributed by atoms with van der Waals surface area (Å²) in [6, 6.07) is 5.16. The summed E-state index contributed by atoms with van der Waals surface area (Å²) < 4.78 is 24.5. The van der Waals surface area contributed by atoms with Crippen LogP contribution in [0.4, 0.5) is 5.69 Å².